The van der Waals surface area contributed by atoms with Gasteiger partial charge in [0.1, 0.15) is 11.6 Å². The van der Waals surface area contributed by atoms with E-state index in [0.29, 0.717) is 11.5 Å². The van der Waals surface area contributed by atoms with E-state index < -0.39 is 5.82 Å². The maximum atomic E-state index is 13.5. The van der Waals surface area contributed by atoms with E-state index in [1.54, 1.807) is 0 Å². The van der Waals surface area contributed by atoms with Crippen LogP contribution in [0.4, 0.5) is 8.78 Å². The Hall–Kier alpha value is 0.0400. The van der Waals surface area contributed by atoms with Crippen LogP contribution in [0.5, 0.6) is 0 Å². The maximum absolute atomic E-state index is 13.5. The van der Waals surface area contributed by atoms with Crippen LogP contribution in [0.1, 0.15) is 30.7 Å². The van der Waals surface area contributed by atoms with Gasteiger partial charge in [0.05, 0.1) is 4.47 Å². The Bertz CT molecular complexity index is 351. The second kappa shape index (κ2) is 5.39. The van der Waals surface area contributed by atoms with Gasteiger partial charge in [-0.3, -0.25) is 0 Å². The molecule has 0 aliphatic rings. The maximum Gasteiger partial charge on any atom is 0.137 e. The van der Waals surface area contributed by atoms with E-state index >= 15 is 0 Å². The van der Waals surface area contributed by atoms with Gasteiger partial charge in [0, 0.05) is 10.4 Å². The Morgan fingerprint density at radius 3 is 2.33 bits per heavy atom. The molecule has 1 atom stereocenters. The lowest BCUT2D eigenvalue weighted by Crippen LogP contribution is -2.00. The average molecular weight is 342 g/mol. The molecule has 0 amide bonds. The molecule has 0 saturated carbocycles. The lowest BCUT2D eigenvalue weighted by molar-refractivity contribution is 0.544. The molecule has 0 fully saturated rings. The number of hydrogen-bond acceptors (Lipinski definition) is 0. The van der Waals surface area contributed by atoms with Crippen molar-refractivity contribution in [2.75, 3.05) is 0 Å². The van der Waals surface area contributed by atoms with Crippen LogP contribution in [0, 0.1) is 17.6 Å². The molecule has 0 spiro atoms. The highest BCUT2D eigenvalue weighted by atomic mass is 79.9. The van der Waals surface area contributed by atoms with Crippen molar-refractivity contribution in [3.05, 3.63) is 33.8 Å². The summed E-state index contributed by atoms with van der Waals surface area (Å²) < 4.78 is 26.9. The number of rotatable bonds is 3. The molecular formula is C11H12Br2F2. The van der Waals surface area contributed by atoms with E-state index in [-0.39, 0.29) is 15.1 Å². The van der Waals surface area contributed by atoms with Gasteiger partial charge in [-0.2, -0.15) is 0 Å². The molecule has 0 nitrogen and oxygen atoms in total. The summed E-state index contributed by atoms with van der Waals surface area (Å²) in [4.78, 5) is -0.139. The van der Waals surface area contributed by atoms with Gasteiger partial charge in [0.15, 0.2) is 0 Å². The predicted molar refractivity (Wildman–Crippen MR) is 65.2 cm³/mol. The summed E-state index contributed by atoms with van der Waals surface area (Å²) in [6.07, 6.45) is 0.776. The van der Waals surface area contributed by atoms with Crippen LogP contribution in [-0.4, -0.2) is 0 Å². The van der Waals surface area contributed by atoms with E-state index in [9.17, 15) is 8.78 Å². The topological polar surface area (TPSA) is 0 Å². The zero-order chi connectivity index (χ0) is 11.6. The minimum Gasteiger partial charge on any atom is -0.207 e. The number of benzene rings is 1. The molecule has 4 heteroatoms. The Balaban J connectivity index is 2.98. The number of alkyl halides is 1. The minimum absolute atomic E-state index is 0.139. The molecule has 0 aliphatic carbocycles. The first-order valence-electron chi connectivity index (χ1n) is 4.70. The van der Waals surface area contributed by atoms with E-state index in [4.69, 9.17) is 0 Å². The van der Waals surface area contributed by atoms with E-state index in [2.05, 4.69) is 31.9 Å². The molecule has 15 heavy (non-hydrogen) atoms. The van der Waals surface area contributed by atoms with Crippen LogP contribution in [-0.2, 0) is 0 Å². The Kier molecular flexibility index (Phi) is 4.71. The molecular weight excluding hydrogens is 330 g/mol. The summed E-state index contributed by atoms with van der Waals surface area (Å²) in [5.41, 5.74) is 0.379. The minimum atomic E-state index is -0.431. The molecule has 84 valence electrons. The zero-order valence-corrected chi connectivity index (χ0v) is 11.7. The SMILES string of the molecule is CC(C)CC(Br)c1cc(F)c(Br)cc1F. The van der Waals surface area contributed by atoms with Crippen LogP contribution in [0.25, 0.3) is 0 Å². The van der Waals surface area contributed by atoms with Crippen molar-refractivity contribution in [3.63, 3.8) is 0 Å². The molecule has 1 rings (SSSR count). The lowest BCUT2D eigenvalue weighted by atomic mass is 10.0. The number of hydrogen-bond donors (Lipinski definition) is 0. The van der Waals surface area contributed by atoms with Crippen molar-refractivity contribution in [3.8, 4) is 0 Å². The average Bonchev–Trinajstić information content (AvgIpc) is 2.09. The first-order chi connectivity index (χ1) is 6.91. The van der Waals surface area contributed by atoms with Gasteiger partial charge in [-0.15, -0.1) is 0 Å². The molecule has 0 aromatic heterocycles. The second-order valence-electron chi connectivity index (χ2n) is 3.88. The molecule has 0 aliphatic heterocycles. The highest BCUT2D eigenvalue weighted by molar-refractivity contribution is 9.10. The fraction of sp³-hybridized carbons (Fsp3) is 0.455. The monoisotopic (exact) mass is 340 g/mol. The molecule has 1 aromatic carbocycles. The summed E-state index contributed by atoms with van der Waals surface area (Å²) in [5, 5.41) is 0. The van der Waals surface area contributed by atoms with Crippen molar-refractivity contribution in [2.24, 2.45) is 5.92 Å². The molecule has 1 aromatic rings. The molecule has 0 radical (unpaired) electrons. The molecule has 1 unspecified atom stereocenters. The largest absolute Gasteiger partial charge is 0.207 e. The second-order valence-corrected chi connectivity index (χ2v) is 5.84. The summed E-state index contributed by atoms with van der Waals surface area (Å²) in [5.74, 6) is -0.383. The first kappa shape index (κ1) is 13.1. The van der Waals surface area contributed by atoms with Crippen LogP contribution < -0.4 is 0 Å². The van der Waals surface area contributed by atoms with Gasteiger partial charge < -0.3 is 0 Å². The summed E-state index contributed by atoms with van der Waals surface area (Å²) in [7, 11) is 0. The standard InChI is InChI=1S/C11H12Br2F2/c1-6(2)3-8(12)7-4-11(15)9(13)5-10(7)14/h4-6,8H,3H2,1-2H3. The fourth-order valence-corrected chi connectivity index (χ4v) is 2.73. The van der Waals surface area contributed by atoms with Crippen LogP contribution in [0.2, 0.25) is 0 Å². The summed E-state index contributed by atoms with van der Waals surface area (Å²) in [6, 6.07) is 2.40. The van der Waals surface area contributed by atoms with Crippen LogP contribution in [0.15, 0.2) is 16.6 Å². The fourth-order valence-electron chi connectivity index (χ4n) is 1.32. The molecule has 0 bridgehead atoms. The number of halogens is 4. The van der Waals surface area contributed by atoms with E-state index in [1.165, 1.54) is 12.1 Å². The van der Waals surface area contributed by atoms with Crippen molar-refractivity contribution >= 4 is 31.9 Å². The van der Waals surface area contributed by atoms with Gasteiger partial charge in [-0.05, 0) is 40.4 Å². The van der Waals surface area contributed by atoms with Crippen molar-refractivity contribution < 1.29 is 8.78 Å². The Morgan fingerprint density at radius 1 is 1.20 bits per heavy atom. The van der Waals surface area contributed by atoms with Gasteiger partial charge in [-0.25, -0.2) is 8.78 Å². The van der Waals surface area contributed by atoms with Gasteiger partial charge in [0.2, 0.25) is 0 Å². The third-order valence-corrected chi connectivity index (χ3v) is 3.53. The smallest absolute Gasteiger partial charge is 0.137 e. The normalized spacial score (nSPS) is 13.3. The predicted octanol–water partition coefficient (Wildman–Crippen LogP) is 5.21. The molecule has 0 saturated heterocycles. The third kappa shape index (κ3) is 3.52. The quantitative estimate of drug-likeness (QED) is 0.523. The highest BCUT2D eigenvalue weighted by Gasteiger charge is 2.16. The third-order valence-electron chi connectivity index (χ3n) is 2.06. The van der Waals surface area contributed by atoms with E-state index in [0.717, 1.165) is 6.42 Å². The highest BCUT2D eigenvalue weighted by Crippen LogP contribution is 2.33. The van der Waals surface area contributed by atoms with Crippen LogP contribution in [0.3, 0.4) is 0 Å². The molecule has 0 heterocycles. The van der Waals surface area contributed by atoms with Gasteiger partial charge in [-0.1, -0.05) is 29.8 Å². The Morgan fingerprint density at radius 2 is 1.80 bits per heavy atom. The van der Waals surface area contributed by atoms with Gasteiger partial charge >= 0.3 is 0 Å². The first-order valence-corrected chi connectivity index (χ1v) is 6.41. The van der Waals surface area contributed by atoms with Crippen molar-refractivity contribution in [2.45, 2.75) is 25.1 Å². The van der Waals surface area contributed by atoms with Crippen molar-refractivity contribution in [1.29, 1.82) is 0 Å². The van der Waals surface area contributed by atoms with Crippen molar-refractivity contribution in [1.82, 2.24) is 0 Å². The lowest BCUT2D eigenvalue weighted by Gasteiger charge is -2.14. The van der Waals surface area contributed by atoms with E-state index in [1.807, 2.05) is 13.8 Å². The van der Waals surface area contributed by atoms with Gasteiger partial charge in [0.25, 0.3) is 0 Å². The Labute approximate surface area is 105 Å². The van der Waals surface area contributed by atoms with Crippen LogP contribution >= 0.6 is 31.9 Å². The molecule has 0 N–H and O–H groups in total. The zero-order valence-electron chi connectivity index (χ0n) is 8.53. The summed E-state index contributed by atoms with van der Waals surface area (Å²) >= 11 is 6.32. The summed E-state index contributed by atoms with van der Waals surface area (Å²) in [6.45, 7) is 4.09.